The maximum atomic E-state index is 11.5. The van der Waals surface area contributed by atoms with Crippen molar-refractivity contribution in [1.29, 1.82) is 0 Å². The van der Waals surface area contributed by atoms with E-state index >= 15 is 0 Å². The molecule has 0 aliphatic heterocycles. The van der Waals surface area contributed by atoms with Crippen molar-refractivity contribution in [3.63, 3.8) is 0 Å². The summed E-state index contributed by atoms with van der Waals surface area (Å²) in [5.74, 6) is 5.98. The Hall–Kier alpha value is -0.530. The van der Waals surface area contributed by atoms with Crippen LogP contribution >= 0.6 is 0 Å². The molecule has 2 nitrogen and oxygen atoms in total. The third kappa shape index (κ3) is 0.544. The summed E-state index contributed by atoms with van der Waals surface area (Å²) in [4.78, 5) is 11.5. The fourth-order valence-corrected chi connectivity index (χ4v) is 5.14. The first-order valence-corrected chi connectivity index (χ1v) is 5.40. The van der Waals surface area contributed by atoms with Crippen LogP contribution in [-0.4, -0.2) is 13.1 Å². The molecule has 0 aromatic heterocycles. The Kier molecular flexibility index (Phi) is 0.946. The molecular weight excluding hydrogens is 164 g/mol. The number of rotatable bonds is 1. The van der Waals surface area contributed by atoms with E-state index in [9.17, 15) is 4.79 Å². The first-order chi connectivity index (χ1) is 6.33. The summed E-state index contributed by atoms with van der Waals surface area (Å²) in [6.07, 6.45) is 2.60. The van der Waals surface area contributed by atoms with Crippen molar-refractivity contribution in [3.8, 4) is 0 Å². The summed E-state index contributed by atoms with van der Waals surface area (Å²) < 4.78 is 4.88. The Morgan fingerprint density at radius 1 is 1.08 bits per heavy atom. The quantitative estimate of drug-likeness (QED) is 0.566. The second-order valence-corrected chi connectivity index (χ2v) is 5.32. The van der Waals surface area contributed by atoms with E-state index in [1.54, 1.807) is 0 Å². The van der Waals surface area contributed by atoms with Gasteiger partial charge in [-0.05, 0) is 48.3 Å². The van der Waals surface area contributed by atoms with Crippen LogP contribution in [0.4, 0.5) is 0 Å². The average molecular weight is 178 g/mol. The van der Waals surface area contributed by atoms with E-state index in [4.69, 9.17) is 4.74 Å². The van der Waals surface area contributed by atoms with E-state index in [0.29, 0.717) is 0 Å². The Balaban J connectivity index is 1.70. The van der Waals surface area contributed by atoms with Gasteiger partial charge in [0.15, 0.2) is 0 Å². The van der Waals surface area contributed by atoms with Crippen LogP contribution in [0.15, 0.2) is 0 Å². The van der Waals surface area contributed by atoms with E-state index in [0.717, 1.165) is 41.9 Å². The molecule has 5 saturated carbocycles. The molecule has 0 heterocycles. The minimum atomic E-state index is 0.0727. The van der Waals surface area contributed by atoms with Crippen LogP contribution in [0.5, 0.6) is 0 Å². The molecule has 7 atom stereocenters. The lowest BCUT2D eigenvalue weighted by Crippen LogP contribution is -2.24. The molecule has 0 unspecified atom stereocenters. The minimum absolute atomic E-state index is 0.0727. The highest BCUT2D eigenvalue weighted by Gasteiger charge is 2.78. The molecule has 13 heavy (non-hydrogen) atoms. The van der Waals surface area contributed by atoms with Crippen LogP contribution < -0.4 is 0 Å². The van der Waals surface area contributed by atoms with Gasteiger partial charge in [-0.2, -0.15) is 0 Å². The molecule has 0 saturated heterocycles. The van der Waals surface area contributed by atoms with Gasteiger partial charge in [-0.1, -0.05) is 0 Å². The highest BCUT2D eigenvalue weighted by Crippen LogP contribution is 2.82. The SMILES string of the molecule is COC(=O)[C@H]1C[C@@H]2[C@H]3C[C@H]4[C@@H]2[C@H]4[C@H]31. The van der Waals surface area contributed by atoms with Crippen LogP contribution in [0.25, 0.3) is 0 Å². The number of ether oxygens (including phenoxy) is 1. The maximum Gasteiger partial charge on any atom is 0.308 e. The molecule has 0 aromatic carbocycles. The molecule has 0 radical (unpaired) electrons. The number of carbonyl (C=O) groups excluding carboxylic acids is 1. The first-order valence-electron chi connectivity index (χ1n) is 5.40. The van der Waals surface area contributed by atoms with Crippen molar-refractivity contribution in [2.45, 2.75) is 12.8 Å². The number of esters is 1. The highest BCUT2D eigenvalue weighted by molar-refractivity contribution is 5.74. The third-order valence-electron chi connectivity index (χ3n) is 5.31. The van der Waals surface area contributed by atoms with Crippen molar-refractivity contribution in [3.05, 3.63) is 0 Å². The molecule has 0 amide bonds. The molecule has 5 aliphatic carbocycles. The van der Waals surface area contributed by atoms with Gasteiger partial charge in [-0.25, -0.2) is 0 Å². The Bertz CT molecular complexity index is 298. The molecular formula is C11H14O2. The minimum Gasteiger partial charge on any atom is -0.469 e. The third-order valence-corrected chi connectivity index (χ3v) is 5.31. The Labute approximate surface area is 77.6 Å². The normalized spacial score (nSPS) is 64.2. The Morgan fingerprint density at radius 3 is 2.38 bits per heavy atom. The van der Waals surface area contributed by atoms with E-state index in [2.05, 4.69) is 0 Å². The van der Waals surface area contributed by atoms with Crippen molar-refractivity contribution < 1.29 is 9.53 Å². The molecule has 5 aliphatic rings. The topological polar surface area (TPSA) is 26.3 Å². The van der Waals surface area contributed by atoms with E-state index in [-0.39, 0.29) is 11.9 Å². The summed E-state index contributed by atoms with van der Waals surface area (Å²) >= 11 is 0. The number of hydrogen-bond donors (Lipinski definition) is 0. The van der Waals surface area contributed by atoms with Crippen molar-refractivity contribution in [2.24, 2.45) is 41.4 Å². The first kappa shape index (κ1) is 6.86. The van der Waals surface area contributed by atoms with E-state index in [1.807, 2.05) is 0 Å². The predicted octanol–water partition coefficient (Wildman–Crippen LogP) is 1.31. The van der Waals surface area contributed by atoms with Gasteiger partial charge in [0, 0.05) is 0 Å². The molecule has 0 N–H and O–H groups in total. The smallest absolute Gasteiger partial charge is 0.308 e. The van der Waals surface area contributed by atoms with Gasteiger partial charge in [-0.3, -0.25) is 4.79 Å². The van der Waals surface area contributed by atoms with E-state index in [1.165, 1.54) is 13.5 Å². The van der Waals surface area contributed by atoms with Crippen LogP contribution in [0.2, 0.25) is 0 Å². The Morgan fingerprint density at radius 2 is 1.85 bits per heavy atom. The molecule has 5 rings (SSSR count). The van der Waals surface area contributed by atoms with Crippen LogP contribution in [0.1, 0.15) is 12.8 Å². The lowest BCUT2D eigenvalue weighted by Gasteiger charge is -2.18. The molecule has 70 valence electrons. The van der Waals surface area contributed by atoms with Gasteiger partial charge in [0.05, 0.1) is 13.0 Å². The lowest BCUT2D eigenvalue weighted by atomic mass is 9.88. The van der Waals surface area contributed by atoms with Gasteiger partial charge < -0.3 is 4.74 Å². The zero-order valence-corrected chi connectivity index (χ0v) is 7.77. The molecule has 0 spiro atoms. The average Bonchev–Trinajstić information content (AvgIpc) is 2.59. The van der Waals surface area contributed by atoms with Crippen LogP contribution in [0, 0.1) is 41.4 Å². The zero-order valence-electron chi connectivity index (χ0n) is 7.77. The number of hydrogen-bond acceptors (Lipinski definition) is 2. The fourth-order valence-electron chi connectivity index (χ4n) is 5.14. The van der Waals surface area contributed by atoms with Crippen LogP contribution in [0.3, 0.4) is 0 Å². The van der Waals surface area contributed by atoms with Crippen LogP contribution in [-0.2, 0) is 9.53 Å². The second kappa shape index (κ2) is 1.79. The summed E-state index contributed by atoms with van der Waals surface area (Å²) in [6.45, 7) is 0. The number of carbonyl (C=O) groups is 1. The summed E-state index contributed by atoms with van der Waals surface area (Å²) in [5.41, 5.74) is 0. The zero-order chi connectivity index (χ0) is 8.74. The molecule has 6 bridgehead atoms. The van der Waals surface area contributed by atoms with Crippen molar-refractivity contribution in [1.82, 2.24) is 0 Å². The van der Waals surface area contributed by atoms with Crippen molar-refractivity contribution in [2.75, 3.05) is 7.11 Å². The van der Waals surface area contributed by atoms with Gasteiger partial charge in [0.2, 0.25) is 0 Å². The monoisotopic (exact) mass is 178 g/mol. The largest absolute Gasteiger partial charge is 0.469 e. The summed E-state index contributed by atoms with van der Waals surface area (Å²) in [5, 5.41) is 0. The van der Waals surface area contributed by atoms with Gasteiger partial charge in [0.25, 0.3) is 0 Å². The second-order valence-electron chi connectivity index (χ2n) is 5.32. The fraction of sp³-hybridized carbons (Fsp3) is 0.909. The summed E-state index contributed by atoms with van der Waals surface area (Å²) in [7, 11) is 1.53. The summed E-state index contributed by atoms with van der Waals surface area (Å²) in [6, 6.07) is 0. The van der Waals surface area contributed by atoms with E-state index < -0.39 is 0 Å². The van der Waals surface area contributed by atoms with Gasteiger partial charge in [0.1, 0.15) is 0 Å². The molecule has 2 heteroatoms. The number of methoxy groups -OCH3 is 1. The standard InChI is InChI=1S/C11H14O2/c1-13-11(12)7-3-5-4-2-6-8(5)10(6)9(4)7/h4-10H,2-3H2,1H3/t4-,5-,6+,7+,8-,9-,10+/m1/s1. The predicted molar refractivity (Wildman–Crippen MR) is 45.7 cm³/mol. The van der Waals surface area contributed by atoms with Crippen molar-refractivity contribution >= 4 is 5.97 Å². The molecule has 5 fully saturated rings. The maximum absolute atomic E-state index is 11.5. The molecule has 0 aromatic rings. The van der Waals surface area contributed by atoms with Gasteiger partial charge >= 0.3 is 5.97 Å². The van der Waals surface area contributed by atoms with Gasteiger partial charge in [-0.15, -0.1) is 0 Å². The lowest BCUT2D eigenvalue weighted by molar-refractivity contribution is -0.147. The highest BCUT2D eigenvalue weighted by atomic mass is 16.5.